The molecule has 0 atom stereocenters. The summed E-state index contributed by atoms with van der Waals surface area (Å²) in [6.07, 6.45) is 2.66. The maximum Gasteiger partial charge on any atom is 0.274 e. The van der Waals surface area contributed by atoms with E-state index >= 15 is 0 Å². The predicted octanol–water partition coefficient (Wildman–Crippen LogP) is 0.450. The van der Waals surface area contributed by atoms with Crippen LogP contribution in [0.15, 0.2) is 29.2 Å². The van der Waals surface area contributed by atoms with E-state index in [4.69, 9.17) is 4.74 Å². The number of nitrogens with zero attached hydrogens (tertiary/aromatic N) is 2. The highest BCUT2D eigenvalue weighted by molar-refractivity contribution is 7.90. The molecule has 0 aliphatic carbocycles. The standard InChI is InChI=1S/C12H14N2O4S/c1-18-10-3-4-11-9(7-10)8-13-14(12(11)15)5-6-19(2,16)17/h3-4,7-8H,5-6H2,1-2H3. The van der Waals surface area contributed by atoms with E-state index in [1.165, 1.54) is 6.20 Å². The first-order valence-corrected chi connectivity index (χ1v) is 7.68. The molecule has 0 spiro atoms. The lowest BCUT2D eigenvalue weighted by Crippen LogP contribution is -2.26. The van der Waals surface area contributed by atoms with Crippen molar-refractivity contribution < 1.29 is 13.2 Å². The smallest absolute Gasteiger partial charge is 0.274 e. The number of aryl methyl sites for hydroxylation is 1. The molecule has 1 aromatic heterocycles. The number of fused-ring (bicyclic) bond motifs is 1. The van der Waals surface area contributed by atoms with Gasteiger partial charge < -0.3 is 4.74 Å². The summed E-state index contributed by atoms with van der Waals surface area (Å²) in [4.78, 5) is 12.1. The third kappa shape index (κ3) is 3.11. The van der Waals surface area contributed by atoms with Crippen molar-refractivity contribution in [1.29, 1.82) is 0 Å². The molecule has 0 bridgehead atoms. The van der Waals surface area contributed by atoms with Gasteiger partial charge in [-0.05, 0) is 18.2 Å². The highest BCUT2D eigenvalue weighted by Crippen LogP contribution is 2.16. The first-order valence-electron chi connectivity index (χ1n) is 5.62. The van der Waals surface area contributed by atoms with E-state index in [0.717, 1.165) is 10.9 Å². The maximum absolute atomic E-state index is 12.1. The van der Waals surface area contributed by atoms with Gasteiger partial charge in [0.2, 0.25) is 0 Å². The van der Waals surface area contributed by atoms with Gasteiger partial charge in [0, 0.05) is 11.6 Å². The Morgan fingerprint density at radius 2 is 2.11 bits per heavy atom. The van der Waals surface area contributed by atoms with Crippen molar-refractivity contribution in [2.24, 2.45) is 0 Å². The van der Waals surface area contributed by atoms with Gasteiger partial charge in [-0.25, -0.2) is 13.1 Å². The molecule has 0 fully saturated rings. The molecule has 19 heavy (non-hydrogen) atoms. The zero-order valence-electron chi connectivity index (χ0n) is 10.7. The molecule has 0 aliphatic rings. The van der Waals surface area contributed by atoms with Crippen LogP contribution in [0.1, 0.15) is 0 Å². The van der Waals surface area contributed by atoms with Gasteiger partial charge in [0.05, 0.1) is 31.0 Å². The van der Waals surface area contributed by atoms with Crippen LogP contribution in [-0.2, 0) is 16.4 Å². The second kappa shape index (κ2) is 5.00. The first kappa shape index (κ1) is 13.5. The molecular weight excluding hydrogens is 268 g/mol. The van der Waals surface area contributed by atoms with Crippen molar-refractivity contribution >= 4 is 20.6 Å². The maximum atomic E-state index is 12.1. The minimum atomic E-state index is -3.12. The summed E-state index contributed by atoms with van der Waals surface area (Å²) in [5, 5.41) is 5.13. The summed E-state index contributed by atoms with van der Waals surface area (Å²) in [7, 11) is -1.58. The highest BCUT2D eigenvalue weighted by atomic mass is 32.2. The van der Waals surface area contributed by atoms with Gasteiger partial charge in [-0.3, -0.25) is 4.79 Å². The van der Waals surface area contributed by atoms with Crippen LogP contribution < -0.4 is 10.3 Å². The Kier molecular flexibility index (Phi) is 3.57. The number of benzene rings is 1. The van der Waals surface area contributed by atoms with Crippen molar-refractivity contribution in [2.45, 2.75) is 6.54 Å². The van der Waals surface area contributed by atoms with E-state index in [2.05, 4.69) is 5.10 Å². The second-order valence-corrected chi connectivity index (χ2v) is 6.52. The van der Waals surface area contributed by atoms with Gasteiger partial charge in [0.15, 0.2) is 0 Å². The van der Waals surface area contributed by atoms with Crippen molar-refractivity contribution in [3.63, 3.8) is 0 Å². The lowest BCUT2D eigenvalue weighted by Gasteiger charge is -2.06. The van der Waals surface area contributed by atoms with Gasteiger partial charge in [0.25, 0.3) is 5.56 Å². The summed E-state index contributed by atoms with van der Waals surface area (Å²) in [6.45, 7) is 0.0552. The minimum Gasteiger partial charge on any atom is -0.497 e. The summed E-state index contributed by atoms with van der Waals surface area (Å²) >= 11 is 0. The number of aromatic nitrogens is 2. The Labute approximate surface area is 110 Å². The zero-order chi connectivity index (χ0) is 14.0. The summed E-state index contributed by atoms with van der Waals surface area (Å²) in [6, 6.07) is 5.05. The molecule has 0 aliphatic heterocycles. The van der Waals surface area contributed by atoms with E-state index in [0.29, 0.717) is 16.5 Å². The predicted molar refractivity (Wildman–Crippen MR) is 72.3 cm³/mol. The molecule has 0 unspecified atom stereocenters. The second-order valence-electron chi connectivity index (χ2n) is 4.26. The Balaban J connectivity index is 2.44. The van der Waals surface area contributed by atoms with Gasteiger partial charge in [-0.15, -0.1) is 0 Å². The van der Waals surface area contributed by atoms with Crippen LogP contribution in [0, 0.1) is 0 Å². The Morgan fingerprint density at radius 1 is 1.37 bits per heavy atom. The highest BCUT2D eigenvalue weighted by Gasteiger charge is 2.08. The number of hydrogen-bond acceptors (Lipinski definition) is 5. The summed E-state index contributed by atoms with van der Waals surface area (Å²) < 4.78 is 28.4. The molecule has 2 aromatic rings. The Morgan fingerprint density at radius 3 is 2.74 bits per heavy atom. The molecule has 2 rings (SSSR count). The van der Waals surface area contributed by atoms with Crippen LogP contribution >= 0.6 is 0 Å². The van der Waals surface area contributed by atoms with Crippen LogP contribution in [0.2, 0.25) is 0 Å². The van der Waals surface area contributed by atoms with E-state index in [9.17, 15) is 13.2 Å². The van der Waals surface area contributed by atoms with Crippen molar-refractivity contribution in [3.8, 4) is 5.75 Å². The number of ether oxygens (including phenoxy) is 1. The third-order valence-corrected chi connectivity index (χ3v) is 3.66. The molecule has 0 amide bonds. The monoisotopic (exact) mass is 282 g/mol. The minimum absolute atomic E-state index is 0.0552. The molecule has 102 valence electrons. The normalized spacial score (nSPS) is 11.7. The molecule has 0 saturated carbocycles. The molecule has 1 heterocycles. The Bertz CT molecular complexity index is 765. The van der Waals surface area contributed by atoms with Gasteiger partial charge in [-0.2, -0.15) is 5.10 Å². The van der Waals surface area contributed by atoms with Crippen LogP contribution in [-0.4, -0.2) is 37.3 Å². The molecule has 1 aromatic carbocycles. The number of rotatable bonds is 4. The topological polar surface area (TPSA) is 78.3 Å². The SMILES string of the molecule is COc1ccc2c(=O)n(CCS(C)(=O)=O)ncc2c1. The van der Waals surface area contributed by atoms with Crippen LogP contribution in [0.5, 0.6) is 5.75 Å². The average molecular weight is 282 g/mol. The molecular formula is C12H14N2O4S. The van der Waals surface area contributed by atoms with Crippen LogP contribution in [0.3, 0.4) is 0 Å². The van der Waals surface area contributed by atoms with Gasteiger partial charge in [-0.1, -0.05) is 0 Å². The number of hydrogen-bond donors (Lipinski definition) is 0. The van der Waals surface area contributed by atoms with E-state index < -0.39 is 9.84 Å². The van der Waals surface area contributed by atoms with Gasteiger partial charge >= 0.3 is 0 Å². The lowest BCUT2D eigenvalue weighted by atomic mass is 10.2. The third-order valence-electron chi connectivity index (χ3n) is 2.73. The molecule has 0 saturated heterocycles. The Hall–Kier alpha value is -1.89. The van der Waals surface area contributed by atoms with E-state index in [1.54, 1.807) is 25.3 Å². The fourth-order valence-electron chi connectivity index (χ4n) is 1.70. The molecule has 7 heteroatoms. The summed E-state index contributed by atoms with van der Waals surface area (Å²) in [5.74, 6) is 0.532. The number of methoxy groups -OCH3 is 1. The zero-order valence-corrected chi connectivity index (χ0v) is 11.5. The van der Waals surface area contributed by atoms with E-state index in [-0.39, 0.29) is 17.9 Å². The van der Waals surface area contributed by atoms with E-state index in [1.807, 2.05) is 0 Å². The van der Waals surface area contributed by atoms with Crippen molar-refractivity contribution in [1.82, 2.24) is 9.78 Å². The van der Waals surface area contributed by atoms with Crippen molar-refractivity contribution in [2.75, 3.05) is 19.1 Å². The van der Waals surface area contributed by atoms with Crippen LogP contribution in [0.4, 0.5) is 0 Å². The number of sulfone groups is 1. The lowest BCUT2D eigenvalue weighted by molar-refractivity contribution is 0.415. The fraction of sp³-hybridized carbons (Fsp3) is 0.333. The van der Waals surface area contributed by atoms with Crippen molar-refractivity contribution in [3.05, 3.63) is 34.7 Å². The van der Waals surface area contributed by atoms with Gasteiger partial charge in [0.1, 0.15) is 15.6 Å². The largest absolute Gasteiger partial charge is 0.497 e. The molecule has 6 nitrogen and oxygen atoms in total. The molecule has 0 radical (unpaired) electrons. The molecule has 0 N–H and O–H groups in total. The first-order chi connectivity index (χ1) is 8.90. The summed E-state index contributed by atoms with van der Waals surface area (Å²) in [5.41, 5.74) is -0.302. The quantitative estimate of drug-likeness (QED) is 0.813. The van der Waals surface area contributed by atoms with Crippen LogP contribution in [0.25, 0.3) is 10.8 Å². The fourth-order valence-corrected chi connectivity index (χ4v) is 2.21. The average Bonchev–Trinajstić information content (AvgIpc) is 2.36.